The summed E-state index contributed by atoms with van der Waals surface area (Å²) in [5, 5.41) is 49.5. The van der Waals surface area contributed by atoms with E-state index in [1.165, 1.54) is 50.1 Å². The van der Waals surface area contributed by atoms with Crippen LogP contribution in [0, 0.1) is 32.1 Å². The quantitative estimate of drug-likeness (QED) is 0.0217. The number of aromatic hydroxyl groups is 1. The Labute approximate surface area is 440 Å². The molecule has 0 amide bonds. The minimum absolute atomic E-state index is 0.00249. The van der Waals surface area contributed by atoms with Crippen molar-refractivity contribution in [2.75, 3.05) is 31.0 Å². The summed E-state index contributed by atoms with van der Waals surface area (Å²) >= 11 is 2.22. The lowest BCUT2D eigenvalue weighted by molar-refractivity contribution is 0.317. The van der Waals surface area contributed by atoms with Gasteiger partial charge in [0, 0.05) is 34.0 Å². The Morgan fingerprint density at radius 1 is 0.724 bits per heavy atom. The lowest BCUT2D eigenvalue weighted by atomic mass is 10.1. The van der Waals surface area contributed by atoms with E-state index in [9.17, 15) is 62.3 Å². The number of pyridine rings is 1. The summed E-state index contributed by atoms with van der Waals surface area (Å²) in [5.41, 5.74) is 0.863. The van der Waals surface area contributed by atoms with Crippen molar-refractivity contribution in [3.05, 3.63) is 89.0 Å². The van der Waals surface area contributed by atoms with E-state index < -0.39 is 67.6 Å². The molecule has 0 fully saturated rings. The van der Waals surface area contributed by atoms with Crippen LogP contribution in [-0.2, 0) is 40.5 Å². The fourth-order valence-corrected chi connectivity index (χ4v) is 12.1. The zero-order valence-electron chi connectivity index (χ0n) is 39.8. The summed E-state index contributed by atoms with van der Waals surface area (Å²) < 4.78 is 147. The number of aromatic nitrogens is 3. The van der Waals surface area contributed by atoms with Gasteiger partial charge in [0.05, 0.1) is 52.5 Å². The van der Waals surface area contributed by atoms with Crippen LogP contribution >= 0.6 is 23.1 Å². The van der Waals surface area contributed by atoms with Gasteiger partial charge in [0.1, 0.15) is 49.6 Å². The Balaban J connectivity index is 1.18. The van der Waals surface area contributed by atoms with Crippen LogP contribution in [0.1, 0.15) is 35.1 Å². The Bertz CT molecular complexity index is 4310. The van der Waals surface area contributed by atoms with E-state index in [1.54, 1.807) is 50.2 Å². The number of hydrogen-bond donors (Lipinski definition) is 5. The van der Waals surface area contributed by atoms with Gasteiger partial charge in [-0.25, -0.2) is 9.97 Å². The van der Waals surface area contributed by atoms with Crippen molar-refractivity contribution in [1.29, 1.82) is 5.26 Å². The second-order valence-electron chi connectivity index (χ2n) is 16.6. The maximum atomic E-state index is 12.4. The number of fused-ring (bicyclic) bond motifs is 6. The molecule has 0 aliphatic rings. The highest BCUT2D eigenvalue weighted by molar-refractivity contribution is 7.99. The number of methoxy groups -OCH3 is 1. The molecule has 76 heavy (non-hydrogen) atoms. The molecule has 5 N–H and O–H groups in total. The predicted molar refractivity (Wildman–Crippen MR) is 280 cm³/mol. The molecule has 5 aromatic carbocycles. The van der Waals surface area contributed by atoms with E-state index in [-0.39, 0.29) is 97.9 Å². The molecule has 0 spiro atoms. The summed E-state index contributed by atoms with van der Waals surface area (Å²) in [4.78, 5) is 8.04. The summed E-state index contributed by atoms with van der Waals surface area (Å²) in [6, 6.07) is 18.7. The average Bonchev–Trinajstić information content (AvgIpc) is 3.99. The third-order valence-corrected chi connectivity index (χ3v) is 16.7. The fourth-order valence-electron chi connectivity index (χ4n) is 7.65. The number of hydrogen-bond acceptors (Lipinski definition) is 22. The average molecular weight is 1150 g/mol. The molecule has 3 aromatic heterocycles. The largest absolute Gasteiger partial charge is 0.497 e. The molecule has 0 unspecified atom stereocenters. The van der Waals surface area contributed by atoms with Crippen molar-refractivity contribution in [3.8, 4) is 23.4 Å². The van der Waals surface area contributed by atoms with E-state index in [0.29, 0.717) is 37.2 Å². The highest BCUT2D eigenvalue weighted by Gasteiger charge is 2.27. The molecule has 396 valence electrons. The van der Waals surface area contributed by atoms with Crippen molar-refractivity contribution < 1.29 is 66.5 Å². The SMILES string of the molecule is COc1cc(S(=O)(=O)O)c2nc3c(C#N)c(C)c(N=Nc4cc(C)c(N=Nc5cc(C)c(N=Nc6nc7c(S(=O)(=O)O)cc8ccccc8c7s6)cc5SCCCS(=O)(=O)O)cc4OCCCS(=O)(=O)O)c(O)n3c2c1. The summed E-state index contributed by atoms with van der Waals surface area (Å²) in [6.45, 7) is 4.50. The van der Waals surface area contributed by atoms with Crippen LogP contribution in [-0.4, -0.2) is 102 Å². The van der Waals surface area contributed by atoms with Crippen molar-refractivity contribution in [3.63, 3.8) is 0 Å². The van der Waals surface area contributed by atoms with Crippen molar-refractivity contribution in [1.82, 2.24) is 14.4 Å². The molecular formula is C45H40N10O15S6. The molecule has 31 heteroatoms. The Hall–Kier alpha value is -7.12. The summed E-state index contributed by atoms with van der Waals surface area (Å²) in [7, 11) is -17.0. The van der Waals surface area contributed by atoms with E-state index in [4.69, 9.17) is 9.47 Å². The molecule has 0 atom stereocenters. The van der Waals surface area contributed by atoms with E-state index in [2.05, 4.69) is 40.7 Å². The van der Waals surface area contributed by atoms with Crippen LogP contribution in [0.4, 0.5) is 33.6 Å². The topological polar surface area (TPSA) is 384 Å². The highest BCUT2D eigenvalue weighted by Crippen LogP contribution is 2.44. The molecule has 25 nitrogen and oxygen atoms in total. The van der Waals surface area contributed by atoms with Gasteiger partial charge in [-0.15, -0.1) is 37.3 Å². The number of rotatable bonds is 19. The Morgan fingerprint density at radius 2 is 1.34 bits per heavy atom. The van der Waals surface area contributed by atoms with Gasteiger partial charge in [-0.3, -0.25) is 22.6 Å². The van der Waals surface area contributed by atoms with Crippen LogP contribution in [0.15, 0.2) is 112 Å². The number of azo groups is 3. The number of nitrogens with zero attached hydrogens (tertiary/aromatic N) is 10. The second kappa shape index (κ2) is 21.5. The first kappa shape index (κ1) is 55.1. The third kappa shape index (κ3) is 12.1. The number of thiazole rings is 1. The zero-order chi connectivity index (χ0) is 55.1. The summed E-state index contributed by atoms with van der Waals surface area (Å²) in [5.74, 6) is -1.71. The zero-order valence-corrected chi connectivity index (χ0v) is 44.7. The normalized spacial score (nSPS) is 12.9. The smallest absolute Gasteiger partial charge is 0.296 e. The Kier molecular flexibility index (Phi) is 15.6. The first-order valence-corrected chi connectivity index (χ1v) is 29.8. The molecular weight excluding hydrogens is 1110 g/mol. The second-order valence-corrected chi connectivity index (χ2v) is 24.6. The third-order valence-electron chi connectivity index (χ3n) is 11.3. The van der Waals surface area contributed by atoms with Crippen LogP contribution in [0.5, 0.6) is 17.4 Å². The maximum absolute atomic E-state index is 12.4. The van der Waals surface area contributed by atoms with Gasteiger partial charge in [0.15, 0.2) is 11.3 Å². The lowest BCUT2D eigenvalue weighted by Gasteiger charge is -2.12. The minimum Gasteiger partial charge on any atom is -0.497 e. The van der Waals surface area contributed by atoms with Crippen LogP contribution < -0.4 is 9.47 Å². The monoisotopic (exact) mass is 1150 g/mol. The van der Waals surface area contributed by atoms with Crippen LogP contribution in [0.3, 0.4) is 0 Å². The van der Waals surface area contributed by atoms with Crippen molar-refractivity contribution in [2.24, 2.45) is 30.7 Å². The van der Waals surface area contributed by atoms with Gasteiger partial charge in [-0.2, -0.15) is 44.0 Å². The van der Waals surface area contributed by atoms with E-state index in [0.717, 1.165) is 21.8 Å². The number of benzene rings is 5. The lowest BCUT2D eigenvalue weighted by Crippen LogP contribution is -2.08. The first-order valence-electron chi connectivity index (χ1n) is 21.9. The predicted octanol–water partition coefficient (Wildman–Crippen LogP) is 10.5. The minimum atomic E-state index is -4.89. The number of nitriles is 1. The van der Waals surface area contributed by atoms with Crippen LogP contribution in [0.25, 0.3) is 37.7 Å². The fraction of sp³-hybridized carbons (Fsp3) is 0.222. The molecule has 0 bridgehead atoms. The van der Waals surface area contributed by atoms with Gasteiger partial charge in [0.25, 0.3) is 40.5 Å². The van der Waals surface area contributed by atoms with Crippen molar-refractivity contribution >= 4 is 135 Å². The summed E-state index contributed by atoms with van der Waals surface area (Å²) in [6.07, 6.45) is -0.132. The van der Waals surface area contributed by atoms with Gasteiger partial charge in [-0.05, 0) is 80.1 Å². The van der Waals surface area contributed by atoms with E-state index in [1.807, 2.05) is 6.07 Å². The molecule has 0 aliphatic carbocycles. The number of thioether (sulfide) groups is 1. The molecule has 0 saturated carbocycles. The number of imidazole rings is 1. The molecule has 8 rings (SSSR count). The van der Waals surface area contributed by atoms with Gasteiger partial charge < -0.3 is 14.6 Å². The van der Waals surface area contributed by atoms with Crippen molar-refractivity contribution in [2.45, 2.75) is 48.3 Å². The van der Waals surface area contributed by atoms with Gasteiger partial charge in [0.2, 0.25) is 11.0 Å². The molecule has 8 aromatic rings. The molecule has 0 radical (unpaired) electrons. The number of ether oxygens (including phenoxy) is 2. The molecule has 3 heterocycles. The first-order chi connectivity index (χ1) is 35.7. The van der Waals surface area contributed by atoms with Crippen LogP contribution in [0.2, 0.25) is 0 Å². The highest BCUT2D eigenvalue weighted by atomic mass is 32.2. The van der Waals surface area contributed by atoms with Gasteiger partial charge >= 0.3 is 0 Å². The molecule has 0 aliphatic heterocycles. The number of aryl methyl sites for hydroxylation is 2. The molecule has 0 saturated heterocycles. The van der Waals surface area contributed by atoms with Gasteiger partial charge in [-0.1, -0.05) is 35.6 Å². The standard InChI is InChI=1S/C45H40N10O15S6/c1-23-15-32(51-53-39-25(3)29(22-46)43-47-40-34(55(43)44(39)56)18-27(69-4)19-38(40)76(66,67)68)35(70-11-7-13-73(57,58)59)20-30(23)49-52-33-16-24(2)31(21-36(33)71-12-8-14-74(60,61)62)50-54-45-48-41-37(75(63,64)65)17-26-9-5-6-10-28(26)42(41)72-45/h5-6,9-10,15-21,56H,7-8,11-14H2,1-4H3,(H,57,58,59)(H,60,61,62)(H,63,64,65)(H,66,67,68). The Morgan fingerprint density at radius 3 is 2.01 bits per heavy atom. The van der Waals surface area contributed by atoms with E-state index >= 15 is 0 Å². The maximum Gasteiger partial charge on any atom is 0.296 e.